The predicted molar refractivity (Wildman–Crippen MR) is 86.4 cm³/mol. The first-order valence-electron chi connectivity index (χ1n) is 6.58. The molecule has 4 nitrogen and oxygen atoms in total. The molecule has 0 fully saturated rings. The van der Waals surface area contributed by atoms with Gasteiger partial charge in [0.25, 0.3) is 0 Å². The number of carbonyl (C=O) groups is 1. The number of amides is 1. The molecule has 0 unspecified atom stereocenters. The highest BCUT2D eigenvalue weighted by Gasteiger charge is 2.21. The van der Waals surface area contributed by atoms with Crippen LogP contribution in [0.1, 0.15) is 27.2 Å². The Balaban J connectivity index is 2.99. The van der Waals surface area contributed by atoms with E-state index >= 15 is 0 Å². The second-order valence-electron chi connectivity index (χ2n) is 4.60. The maximum atomic E-state index is 12.1. The monoisotopic (exact) mass is 362 g/mol. The standard InChI is InChI=1S/C14H20BrClN2O2/c1-4-8(3)12(17)14(19)18-11-7-9(16)6-10(15)13(11)20-5-2/h6-8,12H,4-5,17H2,1-3H3,(H,18,19)/t8-,12-/m0/s1. The van der Waals surface area contributed by atoms with Crippen molar-refractivity contribution >= 4 is 39.1 Å². The lowest BCUT2D eigenvalue weighted by Crippen LogP contribution is -2.40. The van der Waals surface area contributed by atoms with Gasteiger partial charge in [-0.05, 0) is 40.9 Å². The lowest BCUT2D eigenvalue weighted by molar-refractivity contribution is -0.118. The van der Waals surface area contributed by atoms with Crippen molar-refractivity contribution in [1.29, 1.82) is 0 Å². The topological polar surface area (TPSA) is 64.3 Å². The summed E-state index contributed by atoms with van der Waals surface area (Å²) in [7, 11) is 0. The van der Waals surface area contributed by atoms with Gasteiger partial charge >= 0.3 is 0 Å². The molecule has 0 radical (unpaired) electrons. The van der Waals surface area contributed by atoms with Crippen molar-refractivity contribution in [3.63, 3.8) is 0 Å². The van der Waals surface area contributed by atoms with E-state index in [0.717, 1.165) is 6.42 Å². The van der Waals surface area contributed by atoms with Gasteiger partial charge in [-0.15, -0.1) is 0 Å². The fraction of sp³-hybridized carbons (Fsp3) is 0.500. The van der Waals surface area contributed by atoms with Crippen molar-refractivity contribution in [3.05, 3.63) is 21.6 Å². The van der Waals surface area contributed by atoms with Gasteiger partial charge in [-0.25, -0.2) is 0 Å². The van der Waals surface area contributed by atoms with E-state index in [1.54, 1.807) is 12.1 Å². The van der Waals surface area contributed by atoms with Gasteiger partial charge in [-0.1, -0.05) is 31.9 Å². The number of halogens is 2. The zero-order chi connectivity index (χ0) is 15.3. The quantitative estimate of drug-likeness (QED) is 0.807. The minimum Gasteiger partial charge on any atom is -0.491 e. The Morgan fingerprint density at radius 3 is 2.70 bits per heavy atom. The minimum atomic E-state index is -0.563. The van der Waals surface area contributed by atoms with Crippen molar-refractivity contribution in [2.24, 2.45) is 11.7 Å². The summed E-state index contributed by atoms with van der Waals surface area (Å²) in [6, 6.07) is 2.81. The molecular weight excluding hydrogens is 344 g/mol. The van der Waals surface area contributed by atoms with Crippen LogP contribution in [0.4, 0.5) is 5.69 Å². The molecule has 20 heavy (non-hydrogen) atoms. The Morgan fingerprint density at radius 2 is 2.15 bits per heavy atom. The van der Waals surface area contributed by atoms with Crippen LogP contribution in [-0.4, -0.2) is 18.6 Å². The maximum Gasteiger partial charge on any atom is 0.241 e. The van der Waals surface area contributed by atoms with Gasteiger partial charge in [0.1, 0.15) is 0 Å². The van der Waals surface area contributed by atoms with Crippen LogP contribution in [0.3, 0.4) is 0 Å². The van der Waals surface area contributed by atoms with Crippen molar-refractivity contribution < 1.29 is 9.53 Å². The van der Waals surface area contributed by atoms with Gasteiger partial charge in [-0.2, -0.15) is 0 Å². The summed E-state index contributed by atoms with van der Waals surface area (Å²) < 4.78 is 6.22. The van der Waals surface area contributed by atoms with Crippen molar-refractivity contribution in [2.45, 2.75) is 33.2 Å². The summed E-state index contributed by atoms with van der Waals surface area (Å²) in [6.45, 7) is 6.30. The summed E-state index contributed by atoms with van der Waals surface area (Å²) in [5, 5.41) is 3.30. The number of rotatable bonds is 6. The molecule has 0 aromatic heterocycles. The zero-order valence-electron chi connectivity index (χ0n) is 11.9. The average Bonchev–Trinajstić information content (AvgIpc) is 2.40. The number of carbonyl (C=O) groups excluding carboxylic acids is 1. The van der Waals surface area contributed by atoms with Crippen LogP contribution < -0.4 is 15.8 Å². The number of nitrogens with two attached hydrogens (primary N) is 1. The smallest absolute Gasteiger partial charge is 0.241 e. The molecule has 2 atom stereocenters. The third-order valence-electron chi connectivity index (χ3n) is 3.11. The Morgan fingerprint density at radius 1 is 1.50 bits per heavy atom. The minimum absolute atomic E-state index is 0.105. The molecule has 6 heteroatoms. The van der Waals surface area contributed by atoms with Crippen LogP contribution >= 0.6 is 27.5 Å². The first kappa shape index (κ1) is 17.3. The number of ether oxygens (including phenoxy) is 1. The SMILES string of the molecule is CCOc1c(Br)cc(Cl)cc1NC(=O)[C@@H](N)[C@@H](C)CC. The molecule has 0 saturated heterocycles. The molecule has 0 aliphatic rings. The highest BCUT2D eigenvalue weighted by atomic mass is 79.9. The van der Waals surface area contributed by atoms with Gasteiger partial charge in [-0.3, -0.25) is 4.79 Å². The van der Waals surface area contributed by atoms with Gasteiger partial charge in [0.2, 0.25) is 5.91 Å². The van der Waals surface area contributed by atoms with Crippen molar-refractivity contribution in [1.82, 2.24) is 0 Å². The first-order valence-corrected chi connectivity index (χ1v) is 7.76. The maximum absolute atomic E-state index is 12.1. The molecule has 0 heterocycles. The molecule has 1 rings (SSSR count). The van der Waals surface area contributed by atoms with Crippen LogP contribution in [0.5, 0.6) is 5.75 Å². The van der Waals surface area contributed by atoms with E-state index in [1.807, 2.05) is 20.8 Å². The molecule has 1 aromatic carbocycles. The summed E-state index contributed by atoms with van der Waals surface area (Å²) in [4.78, 5) is 12.1. The van der Waals surface area contributed by atoms with E-state index in [2.05, 4.69) is 21.2 Å². The third kappa shape index (κ3) is 4.36. The molecule has 0 saturated carbocycles. The van der Waals surface area contributed by atoms with Crippen LogP contribution in [0.15, 0.2) is 16.6 Å². The molecule has 1 aromatic rings. The van der Waals surface area contributed by atoms with Crippen molar-refractivity contribution in [3.8, 4) is 5.75 Å². The van der Waals surface area contributed by atoms with Crippen LogP contribution in [0.25, 0.3) is 0 Å². The molecule has 0 aliphatic heterocycles. The van der Waals surface area contributed by atoms with E-state index in [9.17, 15) is 4.79 Å². The third-order valence-corrected chi connectivity index (χ3v) is 3.92. The van der Waals surface area contributed by atoms with Crippen LogP contribution in [0, 0.1) is 5.92 Å². The Hall–Kier alpha value is -0.780. The summed E-state index contributed by atoms with van der Waals surface area (Å²) in [5.41, 5.74) is 6.44. The number of hydrogen-bond donors (Lipinski definition) is 2. The highest BCUT2D eigenvalue weighted by Crippen LogP contribution is 2.36. The Labute approximate surface area is 133 Å². The van der Waals surface area contributed by atoms with E-state index in [1.165, 1.54) is 0 Å². The lowest BCUT2D eigenvalue weighted by Gasteiger charge is -2.19. The summed E-state index contributed by atoms with van der Waals surface area (Å²) in [5.74, 6) is 0.421. The molecule has 112 valence electrons. The summed E-state index contributed by atoms with van der Waals surface area (Å²) >= 11 is 9.38. The van der Waals surface area contributed by atoms with Gasteiger partial charge in [0, 0.05) is 5.02 Å². The van der Waals surface area contributed by atoms with Crippen LogP contribution in [-0.2, 0) is 4.79 Å². The number of hydrogen-bond acceptors (Lipinski definition) is 3. The average molecular weight is 364 g/mol. The summed E-state index contributed by atoms with van der Waals surface area (Å²) in [6.07, 6.45) is 0.839. The number of anilines is 1. The molecule has 0 aliphatic carbocycles. The van der Waals surface area contributed by atoms with Crippen LogP contribution in [0.2, 0.25) is 5.02 Å². The molecule has 0 spiro atoms. The van der Waals surface area contributed by atoms with Gasteiger partial charge in [0.05, 0.1) is 22.8 Å². The van der Waals surface area contributed by atoms with E-state index in [4.69, 9.17) is 22.1 Å². The van der Waals surface area contributed by atoms with Crippen molar-refractivity contribution in [2.75, 3.05) is 11.9 Å². The first-order chi connectivity index (χ1) is 9.40. The molecular formula is C14H20BrClN2O2. The van der Waals surface area contributed by atoms with E-state index in [0.29, 0.717) is 27.5 Å². The Bertz CT molecular complexity index is 482. The Kier molecular flexibility index (Phi) is 6.79. The van der Waals surface area contributed by atoms with E-state index < -0.39 is 6.04 Å². The molecule has 0 bridgehead atoms. The fourth-order valence-corrected chi connectivity index (χ4v) is 2.60. The van der Waals surface area contributed by atoms with Gasteiger partial charge in [0.15, 0.2) is 5.75 Å². The predicted octanol–water partition coefficient (Wildman–Crippen LogP) is 3.81. The fourth-order valence-electron chi connectivity index (χ4n) is 1.67. The van der Waals surface area contributed by atoms with Gasteiger partial charge < -0.3 is 15.8 Å². The van der Waals surface area contributed by atoms with E-state index in [-0.39, 0.29) is 11.8 Å². The zero-order valence-corrected chi connectivity index (χ0v) is 14.2. The largest absolute Gasteiger partial charge is 0.491 e. The number of nitrogens with one attached hydrogen (secondary N) is 1. The highest BCUT2D eigenvalue weighted by molar-refractivity contribution is 9.10. The molecule has 1 amide bonds. The number of benzene rings is 1. The normalized spacial score (nSPS) is 13.7. The second-order valence-corrected chi connectivity index (χ2v) is 5.89. The molecule has 3 N–H and O–H groups in total. The second kappa shape index (κ2) is 7.86. The lowest BCUT2D eigenvalue weighted by atomic mass is 9.99.